The summed E-state index contributed by atoms with van der Waals surface area (Å²) in [6.45, 7) is 5.40. The molecule has 0 unspecified atom stereocenters. The molecule has 0 aliphatic carbocycles. The predicted molar refractivity (Wildman–Crippen MR) is 119 cm³/mol. The van der Waals surface area contributed by atoms with E-state index in [4.69, 9.17) is 15.2 Å². The van der Waals surface area contributed by atoms with Crippen LogP contribution in [0.15, 0.2) is 42.7 Å². The summed E-state index contributed by atoms with van der Waals surface area (Å²) in [5.41, 5.74) is 8.13. The number of pyridine rings is 2. The number of nitrogen functional groups attached to an aromatic ring is 1. The smallest absolute Gasteiger partial charge is 0.272 e. The molecule has 2 N–H and O–H groups in total. The summed E-state index contributed by atoms with van der Waals surface area (Å²) < 4.78 is 10.8. The van der Waals surface area contributed by atoms with E-state index >= 15 is 0 Å². The van der Waals surface area contributed by atoms with Gasteiger partial charge in [-0.05, 0) is 49.1 Å². The number of aryl methyl sites for hydroxylation is 1. The van der Waals surface area contributed by atoms with Crippen LogP contribution in [-0.2, 0) is 0 Å². The molecule has 4 rings (SSSR count). The van der Waals surface area contributed by atoms with Crippen molar-refractivity contribution in [3.8, 4) is 17.4 Å². The van der Waals surface area contributed by atoms with Gasteiger partial charge in [0.15, 0.2) is 0 Å². The number of likely N-dealkylation sites (tertiary alicyclic amines) is 1. The van der Waals surface area contributed by atoms with Gasteiger partial charge in [-0.15, -0.1) is 5.10 Å². The minimum absolute atomic E-state index is 0.0897. The first-order valence-electron chi connectivity index (χ1n) is 10.5. The zero-order valence-electron chi connectivity index (χ0n) is 18.4. The summed E-state index contributed by atoms with van der Waals surface area (Å²) in [5.74, 6) is 2.42. The topological polar surface area (TPSA) is 116 Å². The Morgan fingerprint density at radius 2 is 1.88 bits per heavy atom. The van der Waals surface area contributed by atoms with Gasteiger partial charge < -0.3 is 20.1 Å². The Bertz CT molecular complexity index is 1090. The van der Waals surface area contributed by atoms with E-state index in [1.165, 1.54) is 0 Å². The summed E-state index contributed by atoms with van der Waals surface area (Å²) in [5, 5.41) is 8.33. The third kappa shape index (κ3) is 4.61. The number of piperidine rings is 1. The average Bonchev–Trinajstić information content (AvgIpc) is 2.80. The number of aromatic nitrogens is 4. The molecule has 1 amide bonds. The van der Waals surface area contributed by atoms with Gasteiger partial charge in [-0.3, -0.25) is 4.79 Å². The monoisotopic (exact) mass is 434 g/mol. The highest BCUT2D eigenvalue weighted by Crippen LogP contribution is 2.34. The highest BCUT2D eigenvalue weighted by molar-refractivity contribution is 5.92. The van der Waals surface area contributed by atoms with E-state index in [2.05, 4.69) is 27.1 Å². The van der Waals surface area contributed by atoms with Gasteiger partial charge in [-0.1, -0.05) is 6.92 Å². The lowest BCUT2D eigenvalue weighted by Crippen LogP contribution is -2.42. The molecule has 2 atom stereocenters. The molecule has 3 aromatic heterocycles. The molecule has 9 heteroatoms. The molecule has 9 nitrogen and oxygen atoms in total. The molecule has 32 heavy (non-hydrogen) atoms. The van der Waals surface area contributed by atoms with Gasteiger partial charge in [0, 0.05) is 25.1 Å². The number of carbonyl (C=O) groups excluding carboxylic acids is 1. The van der Waals surface area contributed by atoms with Crippen LogP contribution in [0.4, 0.5) is 5.82 Å². The number of methoxy groups -OCH3 is 1. The number of carbonyl (C=O) groups is 1. The highest BCUT2D eigenvalue weighted by atomic mass is 16.5. The van der Waals surface area contributed by atoms with Crippen LogP contribution in [-0.4, -0.2) is 51.2 Å². The fourth-order valence-corrected chi connectivity index (χ4v) is 4.03. The molecule has 1 aliphatic rings. The summed E-state index contributed by atoms with van der Waals surface area (Å²) >= 11 is 0. The zero-order chi connectivity index (χ0) is 22.7. The summed E-state index contributed by atoms with van der Waals surface area (Å²) in [6, 6.07) is 8.73. The van der Waals surface area contributed by atoms with E-state index < -0.39 is 0 Å². The van der Waals surface area contributed by atoms with Crippen molar-refractivity contribution in [3.63, 3.8) is 0 Å². The largest absolute Gasteiger partial charge is 0.481 e. The summed E-state index contributed by atoms with van der Waals surface area (Å²) in [4.78, 5) is 23.3. The second-order valence-corrected chi connectivity index (χ2v) is 7.98. The first-order chi connectivity index (χ1) is 15.4. The molecule has 1 aliphatic heterocycles. The number of ether oxygens (including phenoxy) is 2. The van der Waals surface area contributed by atoms with Gasteiger partial charge in [0.2, 0.25) is 5.88 Å². The van der Waals surface area contributed by atoms with E-state index in [-0.39, 0.29) is 17.7 Å². The van der Waals surface area contributed by atoms with Gasteiger partial charge in [0.05, 0.1) is 25.2 Å². The van der Waals surface area contributed by atoms with E-state index in [9.17, 15) is 4.79 Å². The molecule has 166 valence electrons. The number of hydrogen-bond acceptors (Lipinski definition) is 8. The van der Waals surface area contributed by atoms with Gasteiger partial charge in [0.1, 0.15) is 23.0 Å². The third-order valence-electron chi connectivity index (χ3n) is 5.69. The SMILES string of the molecule is COc1ccc(Oc2ccc(C(=O)N3CC[C@@H](c4nnc(N)cc4C)[C@@H](C)C3)nc2)cn1. The number of nitrogens with two attached hydrogens (primary N) is 1. The Morgan fingerprint density at radius 3 is 2.47 bits per heavy atom. The molecule has 0 saturated carbocycles. The van der Waals surface area contributed by atoms with Crippen LogP contribution in [0.2, 0.25) is 0 Å². The van der Waals surface area contributed by atoms with E-state index in [0.29, 0.717) is 42.0 Å². The first kappa shape index (κ1) is 21.5. The van der Waals surface area contributed by atoms with Crippen molar-refractivity contribution in [2.45, 2.75) is 26.2 Å². The molecule has 1 saturated heterocycles. The Balaban J connectivity index is 1.39. The maximum Gasteiger partial charge on any atom is 0.272 e. The fourth-order valence-electron chi connectivity index (χ4n) is 4.03. The van der Waals surface area contributed by atoms with Crippen LogP contribution < -0.4 is 15.2 Å². The molecular weight excluding hydrogens is 408 g/mol. The van der Waals surface area contributed by atoms with Crippen molar-refractivity contribution in [2.75, 3.05) is 25.9 Å². The second kappa shape index (κ2) is 9.17. The Hall–Kier alpha value is -3.75. The van der Waals surface area contributed by atoms with Crippen LogP contribution in [0, 0.1) is 12.8 Å². The number of hydrogen-bond donors (Lipinski definition) is 1. The molecule has 1 fully saturated rings. The van der Waals surface area contributed by atoms with Crippen LogP contribution in [0.5, 0.6) is 17.4 Å². The molecule has 0 aromatic carbocycles. The van der Waals surface area contributed by atoms with Gasteiger partial charge in [-0.2, -0.15) is 5.10 Å². The van der Waals surface area contributed by atoms with Crippen LogP contribution in [0.1, 0.15) is 41.0 Å². The van der Waals surface area contributed by atoms with Crippen molar-refractivity contribution >= 4 is 11.7 Å². The molecule has 0 bridgehead atoms. The minimum atomic E-state index is -0.0897. The lowest BCUT2D eigenvalue weighted by Gasteiger charge is -2.36. The van der Waals surface area contributed by atoms with Gasteiger partial charge >= 0.3 is 0 Å². The number of nitrogens with zero attached hydrogens (tertiary/aromatic N) is 5. The van der Waals surface area contributed by atoms with Crippen LogP contribution >= 0.6 is 0 Å². The van der Waals surface area contributed by atoms with E-state index in [1.807, 2.05) is 17.9 Å². The quantitative estimate of drug-likeness (QED) is 0.651. The Labute approximate surface area is 186 Å². The zero-order valence-corrected chi connectivity index (χ0v) is 18.4. The molecular formula is C23H26N6O3. The molecule has 0 radical (unpaired) electrons. The maximum absolute atomic E-state index is 13.0. The predicted octanol–water partition coefficient (Wildman–Crippen LogP) is 3.22. The normalized spacial score (nSPS) is 18.3. The second-order valence-electron chi connectivity index (χ2n) is 7.98. The number of rotatable bonds is 5. The van der Waals surface area contributed by atoms with Crippen LogP contribution in [0.3, 0.4) is 0 Å². The Morgan fingerprint density at radius 1 is 1.12 bits per heavy atom. The summed E-state index contributed by atoms with van der Waals surface area (Å²) in [7, 11) is 1.55. The lowest BCUT2D eigenvalue weighted by atomic mass is 9.82. The highest BCUT2D eigenvalue weighted by Gasteiger charge is 2.32. The molecule has 4 heterocycles. The third-order valence-corrected chi connectivity index (χ3v) is 5.69. The maximum atomic E-state index is 13.0. The van der Waals surface area contributed by atoms with Crippen molar-refractivity contribution in [1.29, 1.82) is 0 Å². The van der Waals surface area contributed by atoms with Crippen LogP contribution in [0.25, 0.3) is 0 Å². The first-order valence-corrected chi connectivity index (χ1v) is 10.5. The Kier molecular flexibility index (Phi) is 6.16. The van der Waals surface area contributed by atoms with Gasteiger partial charge in [-0.25, -0.2) is 9.97 Å². The lowest BCUT2D eigenvalue weighted by molar-refractivity contribution is 0.0652. The number of amides is 1. The number of anilines is 1. The van der Waals surface area contributed by atoms with Crippen molar-refractivity contribution in [2.24, 2.45) is 5.92 Å². The van der Waals surface area contributed by atoms with E-state index in [1.54, 1.807) is 43.8 Å². The standard InChI is InChI=1S/C23H26N6O3/c1-14-10-20(24)27-28-22(14)18-8-9-29(13-15(18)2)23(30)19-6-4-16(11-25-19)32-17-5-7-21(31-3)26-12-17/h4-7,10-12,15,18H,8-9,13H2,1-3H3,(H2,24,27)/t15-,18+/m0/s1. The molecule has 3 aromatic rings. The minimum Gasteiger partial charge on any atom is -0.481 e. The van der Waals surface area contributed by atoms with Crippen molar-refractivity contribution < 1.29 is 14.3 Å². The van der Waals surface area contributed by atoms with E-state index in [0.717, 1.165) is 17.7 Å². The molecule has 0 spiro atoms. The fraction of sp³-hybridized carbons (Fsp3) is 0.348. The van der Waals surface area contributed by atoms with Crippen molar-refractivity contribution in [3.05, 3.63) is 59.7 Å². The van der Waals surface area contributed by atoms with Crippen molar-refractivity contribution in [1.82, 2.24) is 25.1 Å². The average molecular weight is 435 g/mol. The van der Waals surface area contributed by atoms with Gasteiger partial charge in [0.25, 0.3) is 5.91 Å². The summed E-state index contributed by atoms with van der Waals surface area (Å²) in [6.07, 6.45) is 3.93.